The quantitative estimate of drug-likeness (QED) is 0.575. The molecule has 3 heterocycles. The van der Waals surface area contributed by atoms with Crippen LogP contribution in [-0.2, 0) is 4.79 Å². The summed E-state index contributed by atoms with van der Waals surface area (Å²) in [4.78, 5) is 13.0. The second-order valence-corrected chi connectivity index (χ2v) is 8.53. The summed E-state index contributed by atoms with van der Waals surface area (Å²) >= 11 is 1.62. The second-order valence-electron chi connectivity index (χ2n) is 7.75. The first-order valence-electron chi connectivity index (χ1n) is 10.3. The van der Waals surface area contributed by atoms with Crippen LogP contribution in [0, 0.1) is 0 Å². The van der Waals surface area contributed by atoms with Crippen LogP contribution in [0.5, 0.6) is 11.5 Å². The smallest absolute Gasteiger partial charge is 0.243 e. The minimum Gasteiger partial charge on any atom is -0.496 e. The van der Waals surface area contributed by atoms with Gasteiger partial charge in [-0.05, 0) is 38.4 Å². The Labute approximate surface area is 186 Å². The largest absolute Gasteiger partial charge is 0.496 e. The van der Waals surface area contributed by atoms with Crippen LogP contribution >= 0.6 is 11.3 Å². The van der Waals surface area contributed by atoms with Crippen molar-refractivity contribution >= 4 is 34.7 Å². The van der Waals surface area contributed by atoms with Gasteiger partial charge in [0.1, 0.15) is 24.1 Å². The molecule has 2 aliphatic rings. The van der Waals surface area contributed by atoms with Gasteiger partial charge in [-0.3, -0.25) is 9.80 Å². The highest BCUT2D eigenvalue weighted by Gasteiger charge is 2.41. The molecule has 0 bridgehead atoms. The molecule has 4 rings (SSSR count). The minimum atomic E-state index is -0.492. The molecule has 1 unspecified atom stereocenters. The number of ether oxygens (including phenoxy) is 2. The van der Waals surface area contributed by atoms with Crippen LogP contribution in [0.25, 0.3) is 11.8 Å². The zero-order valence-corrected chi connectivity index (χ0v) is 19.1. The normalized spacial score (nSPS) is 17.0. The van der Waals surface area contributed by atoms with E-state index < -0.39 is 6.04 Å². The molecule has 164 valence electrons. The fourth-order valence-electron chi connectivity index (χ4n) is 3.85. The van der Waals surface area contributed by atoms with Crippen molar-refractivity contribution < 1.29 is 14.3 Å². The van der Waals surface area contributed by atoms with Gasteiger partial charge in [-0.15, -0.1) is 0 Å². The van der Waals surface area contributed by atoms with Crippen molar-refractivity contribution in [1.82, 2.24) is 16.1 Å². The van der Waals surface area contributed by atoms with Crippen molar-refractivity contribution in [3.05, 3.63) is 51.2 Å². The van der Waals surface area contributed by atoms with Gasteiger partial charge >= 0.3 is 0 Å². The van der Waals surface area contributed by atoms with Crippen LogP contribution in [0.3, 0.4) is 0 Å². The standard InChI is InChI=1S/C23H28N4O3S/c1-14(2)9-15-10-17-20(11-19(15)29-4)30-12-18-21(23(28)25-7-6-24-3)26-27(22(17)18)16-5-8-31-13-16/h5,8-11,13,21,24,26H,6-7,12H2,1-4H3,(H,25,28). The number of likely N-dealkylation sites (N-methyl/N-ethyl adjacent to an activating group) is 1. The molecule has 0 saturated carbocycles. The van der Waals surface area contributed by atoms with E-state index in [0.29, 0.717) is 19.7 Å². The number of amides is 1. The summed E-state index contributed by atoms with van der Waals surface area (Å²) in [7, 11) is 3.53. The van der Waals surface area contributed by atoms with Crippen LogP contribution in [0.4, 0.5) is 5.69 Å². The van der Waals surface area contributed by atoms with Gasteiger partial charge in [-0.1, -0.05) is 11.6 Å². The Morgan fingerprint density at radius 3 is 2.90 bits per heavy atom. The van der Waals surface area contributed by atoms with E-state index in [4.69, 9.17) is 9.47 Å². The summed E-state index contributed by atoms with van der Waals surface area (Å²) in [5.74, 6) is 1.45. The Morgan fingerprint density at radius 2 is 2.23 bits per heavy atom. The van der Waals surface area contributed by atoms with Gasteiger partial charge < -0.3 is 20.1 Å². The average molecular weight is 441 g/mol. The first kappa shape index (κ1) is 21.4. The number of rotatable bonds is 7. The molecule has 7 nitrogen and oxygen atoms in total. The monoisotopic (exact) mass is 440 g/mol. The number of fused-ring (bicyclic) bond motifs is 2. The lowest BCUT2D eigenvalue weighted by Crippen LogP contribution is -2.48. The molecule has 0 fully saturated rings. The number of carbonyl (C=O) groups excluding carboxylic acids is 1. The molecule has 3 N–H and O–H groups in total. The van der Waals surface area contributed by atoms with Crippen molar-refractivity contribution in [3.8, 4) is 11.5 Å². The van der Waals surface area contributed by atoms with Gasteiger partial charge in [0, 0.05) is 41.2 Å². The third kappa shape index (κ3) is 4.19. The van der Waals surface area contributed by atoms with E-state index in [1.807, 2.05) is 29.6 Å². The molecule has 1 atom stereocenters. The Hall–Kier alpha value is -2.81. The first-order chi connectivity index (χ1) is 15.0. The van der Waals surface area contributed by atoms with Crippen molar-refractivity contribution in [3.63, 3.8) is 0 Å². The molecule has 0 aliphatic carbocycles. The molecule has 8 heteroatoms. The molecule has 31 heavy (non-hydrogen) atoms. The molecule has 1 amide bonds. The van der Waals surface area contributed by atoms with Crippen LogP contribution in [0.15, 0.2) is 40.1 Å². The molecule has 0 spiro atoms. The van der Waals surface area contributed by atoms with Gasteiger partial charge in [-0.25, -0.2) is 5.43 Å². The number of benzene rings is 1. The van der Waals surface area contributed by atoms with E-state index in [0.717, 1.165) is 39.6 Å². The van der Waals surface area contributed by atoms with Crippen LogP contribution in [0.2, 0.25) is 0 Å². The van der Waals surface area contributed by atoms with E-state index >= 15 is 0 Å². The maximum absolute atomic E-state index is 13.0. The molecule has 1 aromatic carbocycles. The Bertz CT molecular complexity index is 1030. The van der Waals surface area contributed by atoms with E-state index in [9.17, 15) is 4.79 Å². The second kappa shape index (κ2) is 9.13. The number of methoxy groups -OCH3 is 1. The molecule has 0 radical (unpaired) electrons. The summed E-state index contributed by atoms with van der Waals surface area (Å²) in [5, 5.41) is 12.1. The Morgan fingerprint density at radius 1 is 1.39 bits per heavy atom. The number of nitrogens with zero attached hydrogens (tertiary/aromatic N) is 1. The van der Waals surface area contributed by atoms with Crippen molar-refractivity contribution in [2.75, 3.05) is 38.9 Å². The van der Waals surface area contributed by atoms with Crippen molar-refractivity contribution in [1.29, 1.82) is 0 Å². The lowest BCUT2D eigenvalue weighted by Gasteiger charge is -2.26. The minimum absolute atomic E-state index is 0.0643. The molecule has 1 aromatic heterocycles. The lowest BCUT2D eigenvalue weighted by molar-refractivity contribution is -0.122. The number of anilines is 1. The highest BCUT2D eigenvalue weighted by molar-refractivity contribution is 7.08. The summed E-state index contributed by atoms with van der Waals surface area (Å²) in [6.07, 6.45) is 2.09. The van der Waals surface area contributed by atoms with E-state index in [1.165, 1.54) is 5.57 Å². The maximum Gasteiger partial charge on any atom is 0.243 e. The highest BCUT2D eigenvalue weighted by Crippen LogP contribution is 2.44. The molecule has 0 saturated heterocycles. The predicted octanol–water partition coefficient (Wildman–Crippen LogP) is 3.01. The van der Waals surface area contributed by atoms with Crippen molar-refractivity contribution in [2.45, 2.75) is 19.9 Å². The third-order valence-corrected chi connectivity index (χ3v) is 5.92. The van der Waals surface area contributed by atoms with Crippen molar-refractivity contribution in [2.24, 2.45) is 0 Å². The summed E-state index contributed by atoms with van der Waals surface area (Å²) in [6.45, 7) is 5.73. The zero-order chi connectivity index (χ0) is 22.0. The van der Waals surface area contributed by atoms with Crippen LogP contribution < -0.4 is 30.5 Å². The average Bonchev–Trinajstić information content (AvgIpc) is 3.40. The Balaban J connectivity index is 1.80. The van der Waals surface area contributed by atoms with Gasteiger partial charge in [0.05, 0.1) is 18.5 Å². The first-order valence-corrected chi connectivity index (χ1v) is 11.2. The molecule has 2 aromatic rings. The van der Waals surface area contributed by atoms with Gasteiger partial charge in [0.25, 0.3) is 0 Å². The van der Waals surface area contributed by atoms with Gasteiger partial charge in [-0.2, -0.15) is 11.3 Å². The van der Waals surface area contributed by atoms with Crippen LogP contribution in [-0.4, -0.2) is 45.8 Å². The topological polar surface area (TPSA) is 74.9 Å². The zero-order valence-electron chi connectivity index (χ0n) is 18.2. The third-order valence-electron chi connectivity index (χ3n) is 5.25. The van der Waals surface area contributed by atoms with Crippen LogP contribution in [0.1, 0.15) is 25.0 Å². The highest BCUT2D eigenvalue weighted by atomic mass is 32.1. The fraction of sp³-hybridized carbons (Fsp3) is 0.348. The maximum atomic E-state index is 13.0. The number of carbonyl (C=O) groups is 1. The number of thiophene rings is 1. The summed E-state index contributed by atoms with van der Waals surface area (Å²) in [6, 6.07) is 5.56. The summed E-state index contributed by atoms with van der Waals surface area (Å²) < 4.78 is 11.7. The number of hydrogen-bond acceptors (Lipinski definition) is 7. The summed E-state index contributed by atoms with van der Waals surface area (Å²) in [5.41, 5.74) is 9.38. The molecule has 2 aliphatic heterocycles. The fourth-order valence-corrected chi connectivity index (χ4v) is 4.47. The van der Waals surface area contributed by atoms with Gasteiger partial charge in [0.15, 0.2) is 0 Å². The SMILES string of the molecule is CNCCNC(=O)C1NN(c2ccsc2)C2=C1COc1cc(OC)c(C=C(C)C)cc12. The predicted molar refractivity (Wildman–Crippen MR) is 125 cm³/mol. The number of hydrogen-bond donors (Lipinski definition) is 3. The van der Waals surface area contributed by atoms with E-state index in [2.05, 4.69) is 47.4 Å². The number of allylic oxidation sites excluding steroid dienone is 1. The molecular weight excluding hydrogens is 412 g/mol. The lowest BCUT2D eigenvalue weighted by atomic mass is 9.96. The van der Waals surface area contributed by atoms with Gasteiger partial charge in [0.2, 0.25) is 5.91 Å². The van der Waals surface area contributed by atoms with E-state index in [1.54, 1.807) is 18.4 Å². The Kier molecular flexibility index (Phi) is 6.31. The number of nitrogens with one attached hydrogen (secondary N) is 3. The molecular formula is C23H28N4O3S. The van der Waals surface area contributed by atoms with E-state index in [-0.39, 0.29) is 5.91 Å². The number of hydrazine groups is 1.